The number of esters is 1. The molecule has 1 saturated heterocycles. The van der Waals surface area contributed by atoms with Crippen molar-refractivity contribution in [3.63, 3.8) is 0 Å². The Labute approximate surface area is 123 Å². The smallest absolute Gasteiger partial charge is 0.323 e. The second-order valence-corrected chi connectivity index (χ2v) is 5.33. The summed E-state index contributed by atoms with van der Waals surface area (Å²) in [5.74, 6) is -0.186. The van der Waals surface area contributed by atoms with Gasteiger partial charge in [-0.25, -0.2) is 0 Å². The van der Waals surface area contributed by atoms with Crippen molar-refractivity contribution in [3.05, 3.63) is 34.3 Å². The second kappa shape index (κ2) is 6.74. The summed E-state index contributed by atoms with van der Waals surface area (Å²) < 4.78 is 4.87. The van der Waals surface area contributed by atoms with Crippen molar-refractivity contribution in [1.82, 2.24) is 4.90 Å². The molecule has 5 heteroatoms. The number of hydrogen-bond acceptors (Lipinski definition) is 4. The van der Waals surface area contributed by atoms with E-state index in [1.54, 1.807) is 12.1 Å². The molecular formula is C15H17ClN2O2. The molecule has 1 unspecified atom stereocenters. The van der Waals surface area contributed by atoms with E-state index in [1.807, 2.05) is 6.07 Å². The Morgan fingerprint density at radius 2 is 2.35 bits per heavy atom. The Bertz CT molecular complexity index is 539. The highest BCUT2D eigenvalue weighted by molar-refractivity contribution is 6.31. The minimum Gasteiger partial charge on any atom is -0.468 e. The molecule has 1 heterocycles. The first kappa shape index (κ1) is 14.8. The first-order valence-corrected chi connectivity index (χ1v) is 7.04. The summed E-state index contributed by atoms with van der Waals surface area (Å²) in [4.78, 5) is 13.9. The number of nitrogens with zero attached hydrogens (tertiary/aromatic N) is 2. The summed E-state index contributed by atoms with van der Waals surface area (Å²) in [6, 6.07) is 7.13. The van der Waals surface area contributed by atoms with E-state index < -0.39 is 0 Å². The van der Waals surface area contributed by atoms with Crippen LogP contribution in [0, 0.1) is 11.3 Å². The first-order chi connectivity index (χ1) is 9.65. The molecule has 0 N–H and O–H groups in total. The molecule has 2 rings (SSSR count). The van der Waals surface area contributed by atoms with Crippen molar-refractivity contribution in [2.75, 3.05) is 13.7 Å². The number of nitriles is 1. The summed E-state index contributed by atoms with van der Waals surface area (Å²) in [6.45, 7) is 1.46. The molecule has 0 amide bonds. The van der Waals surface area contributed by atoms with Crippen molar-refractivity contribution in [3.8, 4) is 6.07 Å². The Hall–Kier alpha value is -1.57. The number of benzene rings is 1. The fourth-order valence-corrected chi connectivity index (χ4v) is 2.79. The standard InChI is InChI=1S/C15H17ClN2O2/c1-20-15(19)14-4-2-3-7-18(14)10-12-6-5-11(9-17)8-13(12)16/h5-6,8,14H,2-4,7,10H2,1H3. The fraction of sp³-hybridized carbons (Fsp3) is 0.467. The van der Waals surface area contributed by atoms with Crippen molar-refractivity contribution in [1.29, 1.82) is 5.26 Å². The van der Waals surface area contributed by atoms with Crippen LogP contribution in [0.5, 0.6) is 0 Å². The number of rotatable bonds is 3. The van der Waals surface area contributed by atoms with Gasteiger partial charge in [0.1, 0.15) is 6.04 Å². The van der Waals surface area contributed by atoms with Crippen molar-refractivity contribution < 1.29 is 9.53 Å². The van der Waals surface area contributed by atoms with Crippen LogP contribution in [-0.4, -0.2) is 30.6 Å². The first-order valence-electron chi connectivity index (χ1n) is 6.66. The number of ether oxygens (including phenoxy) is 1. The van der Waals surface area contributed by atoms with Gasteiger partial charge in [0.05, 0.1) is 18.7 Å². The molecule has 0 saturated carbocycles. The zero-order chi connectivity index (χ0) is 14.5. The number of carbonyl (C=O) groups is 1. The number of hydrogen-bond donors (Lipinski definition) is 0. The second-order valence-electron chi connectivity index (χ2n) is 4.92. The van der Waals surface area contributed by atoms with Gasteiger partial charge in [0.25, 0.3) is 0 Å². The monoisotopic (exact) mass is 292 g/mol. The summed E-state index contributed by atoms with van der Waals surface area (Å²) in [7, 11) is 1.42. The zero-order valence-corrected chi connectivity index (χ0v) is 12.2. The molecule has 1 aliphatic heterocycles. The van der Waals surface area contributed by atoms with Crippen LogP contribution in [0.2, 0.25) is 5.02 Å². The molecule has 1 aromatic rings. The minimum absolute atomic E-state index is 0.186. The third-order valence-corrected chi connectivity index (χ3v) is 3.99. The van der Waals surface area contributed by atoms with Gasteiger partial charge in [-0.1, -0.05) is 24.1 Å². The molecular weight excluding hydrogens is 276 g/mol. The molecule has 0 aromatic heterocycles. The van der Waals surface area contributed by atoms with E-state index in [-0.39, 0.29) is 12.0 Å². The molecule has 1 atom stereocenters. The highest BCUT2D eigenvalue weighted by Gasteiger charge is 2.29. The Balaban J connectivity index is 2.15. The van der Waals surface area contributed by atoms with Gasteiger partial charge in [0.2, 0.25) is 0 Å². The van der Waals surface area contributed by atoms with Crippen LogP contribution >= 0.6 is 11.6 Å². The number of likely N-dealkylation sites (tertiary alicyclic amines) is 1. The third-order valence-electron chi connectivity index (χ3n) is 3.64. The minimum atomic E-state index is -0.194. The predicted molar refractivity (Wildman–Crippen MR) is 76.2 cm³/mol. The van der Waals surface area contributed by atoms with Crippen LogP contribution < -0.4 is 0 Å². The van der Waals surface area contributed by atoms with Crippen LogP contribution in [0.4, 0.5) is 0 Å². The molecule has 20 heavy (non-hydrogen) atoms. The lowest BCUT2D eigenvalue weighted by atomic mass is 10.0. The van der Waals surface area contributed by atoms with Gasteiger partial charge in [-0.2, -0.15) is 5.26 Å². The number of piperidine rings is 1. The molecule has 0 bridgehead atoms. The predicted octanol–water partition coefficient (Wildman–Crippen LogP) is 2.74. The van der Waals surface area contributed by atoms with E-state index in [2.05, 4.69) is 11.0 Å². The molecule has 0 aliphatic carbocycles. The average molecular weight is 293 g/mol. The average Bonchev–Trinajstić information content (AvgIpc) is 2.49. The largest absolute Gasteiger partial charge is 0.468 e. The van der Waals surface area contributed by atoms with Gasteiger partial charge >= 0.3 is 5.97 Å². The Morgan fingerprint density at radius 3 is 3.00 bits per heavy atom. The van der Waals surface area contributed by atoms with Gasteiger partial charge < -0.3 is 4.74 Å². The lowest BCUT2D eigenvalue weighted by Gasteiger charge is -2.33. The Morgan fingerprint density at radius 1 is 1.55 bits per heavy atom. The maximum Gasteiger partial charge on any atom is 0.323 e. The van der Waals surface area contributed by atoms with E-state index in [1.165, 1.54) is 7.11 Å². The van der Waals surface area contributed by atoms with Crippen LogP contribution in [-0.2, 0) is 16.1 Å². The lowest BCUT2D eigenvalue weighted by molar-refractivity contribution is -0.148. The number of methoxy groups -OCH3 is 1. The topological polar surface area (TPSA) is 53.3 Å². The SMILES string of the molecule is COC(=O)C1CCCCN1Cc1ccc(C#N)cc1Cl. The van der Waals surface area contributed by atoms with Gasteiger partial charge in [0.15, 0.2) is 0 Å². The van der Waals surface area contributed by atoms with Crippen molar-refractivity contribution in [2.24, 2.45) is 0 Å². The van der Waals surface area contributed by atoms with E-state index in [0.717, 1.165) is 31.4 Å². The zero-order valence-electron chi connectivity index (χ0n) is 11.4. The van der Waals surface area contributed by atoms with E-state index >= 15 is 0 Å². The maximum atomic E-state index is 11.8. The summed E-state index contributed by atoms with van der Waals surface area (Å²) in [5.41, 5.74) is 1.48. The Kier molecular flexibility index (Phi) is 4.99. The summed E-state index contributed by atoms with van der Waals surface area (Å²) in [5, 5.41) is 9.41. The van der Waals surface area contributed by atoms with Crippen molar-refractivity contribution >= 4 is 17.6 Å². The summed E-state index contributed by atoms with van der Waals surface area (Å²) in [6.07, 6.45) is 2.93. The highest BCUT2D eigenvalue weighted by Crippen LogP contribution is 2.24. The number of halogens is 1. The number of carbonyl (C=O) groups excluding carboxylic acids is 1. The van der Waals surface area contributed by atoms with Gasteiger partial charge in [-0.3, -0.25) is 9.69 Å². The van der Waals surface area contributed by atoms with Crippen LogP contribution in [0.15, 0.2) is 18.2 Å². The molecule has 1 aliphatic rings. The molecule has 106 valence electrons. The van der Waals surface area contributed by atoms with Crippen LogP contribution in [0.25, 0.3) is 0 Å². The van der Waals surface area contributed by atoms with Gasteiger partial charge in [-0.05, 0) is 37.1 Å². The lowest BCUT2D eigenvalue weighted by Crippen LogP contribution is -2.44. The van der Waals surface area contributed by atoms with E-state index in [0.29, 0.717) is 17.1 Å². The highest BCUT2D eigenvalue weighted by atomic mass is 35.5. The van der Waals surface area contributed by atoms with Crippen molar-refractivity contribution in [2.45, 2.75) is 31.8 Å². The van der Waals surface area contributed by atoms with Gasteiger partial charge in [0, 0.05) is 11.6 Å². The maximum absolute atomic E-state index is 11.8. The molecule has 0 spiro atoms. The normalized spacial score (nSPS) is 19.4. The van der Waals surface area contributed by atoms with Crippen LogP contribution in [0.1, 0.15) is 30.4 Å². The molecule has 1 fully saturated rings. The van der Waals surface area contributed by atoms with Crippen LogP contribution in [0.3, 0.4) is 0 Å². The molecule has 1 aromatic carbocycles. The summed E-state index contributed by atoms with van der Waals surface area (Å²) >= 11 is 6.19. The quantitative estimate of drug-likeness (QED) is 0.804. The van der Waals surface area contributed by atoms with E-state index in [9.17, 15) is 4.79 Å². The third kappa shape index (κ3) is 3.30. The fourth-order valence-electron chi connectivity index (χ4n) is 2.55. The molecule has 0 radical (unpaired) electrons. The van der Waals surface area contributed by atoms with Gasteiger partial charge in [-0.15, -0.1) is 0 Å². The molecule has 4 nitrogen and oxygen atoms in total. The van der Waals surface area contributed by atoms with E-state index in [4.69, 9.17) is 21.6 Å².